The van der Waals surface area contributed by atoms with Crippen LogP contribution in [0.4, 0.5) is 0 Å². The molecule has 1 amide bonds. The fraction of sp³-hybridized carbons (Fsp3) is 0.300. The van der Waals surface area contributed by atoms with Gasteiger partial charge in [0.2, 0.25) is 0 Å². The van der Waals surface area contributed by atoms with Gasteiger partial charge >= 0.3 is 0 Å². The van der Waals surface area contributed by atoms with Crippen LogP contribution in [0.3, 0.4) is 0 Å². The van der Waals surface area contributed by atoms with Gasteiger partial charge in [-0.25, -0.2) is 4.42 Å². The first-order valence-electron chi connectivity index (χ1n) is 12.6. The molecule has 0 atom stereocenters. The molecule has 3 aromatic carbocycles. The third-order valence-corrected chi connectivity index (χ3v) is 9.59. The summed E-state index contributed by atoms with van der Waals surface area (Å²) in [6.07, 6.45) is 3.59. The molecule has 0 aliphatic heterocycles. The van der Waals surface area contributed by atoms with Gasteiger partial charge in [-0.2, -0.15) is 0 Å². The van der Waals surface area contributed by atoms with E-state index < -0.39 is 0 Å². The largest absolute Gasteiger partial charge is 0.496 e. The van der Waals surface area contributed by atoms with Crippen LogP contribution in [-0.2, 0) is 6.54 Å². The van der Waals surface area contributed by atoms with Crippen molar-refractivity contribution in [3.8, 4) is 16.9 Å². The van der Waals surface area contributed by atoms with E-state index in [-0.39, 0.29) is 11.9 Å². The number of rotatable bonds is 7. The van der Waals surface area contributed by atoms with E-state index in [9.17, 15) is 4.79 Å². The zero-order chi connectivity index (χ0) is 26.8. The quantitative estimate of drug-likeness (QED) is 0.202. The molecule has 4 nitrogen and oxygen atoms in total. The molecule has 0 spiro atoms. The Morgan fingerprint density at radius 1 is 0.947 bits per heavy atom. The van der Waals surface area contributed by atoms with Crippen LogP contribution < -0.4 is 4.74 Å². The minimum atomic E-state index is -0.0437. The van der Waals surface area contributed by atoms with Gasteiger partial charge in [-0.3, -0.25) is 4.79 Å². The van der Waals surface area contributed by atoms with Crippen LogP contribution in [-0.4, -0.2) is 41.5 Å². The second kappa shape index (κ2) is 11.8. The lowest BCUT2D eigenvalue weighted by Gasteiger charge is -2.38. The highest BCUT2D eigenvalue weighted by Gasteiger charge is 2.33. The highest BCUT2D eigenvalue weighted by atomic mass is 35.5. The fourth-order valence-corrected chi connectivity index (χ4v) is 7.07. The van der Waals surface area contributed by atoms with Crippen molar-refractivity contribution in [3.05, 3.63) is 87.2 Å². The summed E-state index contributed by atoms with van der Waals surface area (Å²) in [6.45, 7) is 0.417. The molecular weight excluding hydrogens is 559 g/mol. The van der Waals surface area contributed by atoms with E-state index >= 15 is 0 Å². The number of hydrogen-bond donors (Lipinski definition) is 0. The molecule has 5 rings (SSSR count). The van der Waals surface area contributed by atoms with Crippen LogP contribution in [0.25, 0.3) is 21.2 Å². The van der Waals surface area contributed by atoms with E-state index in [1.54, 1.807) is 11.5 Å². The molecule has 1 aliphatic rings. The standard InChI is InChI=1S/C30H29Cl3N2O2S/c1-34(33)23-12-14-24(15-13-23)35(30(36)29-28(32)25-5-3-4-6-27(25)38-29)18-21-17-20(9-16-26(21)37-2)19-7-10-22(31)11-8-19/h3-11,16-17,23-24H,12-15,18H2,1-2H3. The van der Waals surface area contributed by atoms with Gasteiger partial charge in [0.05, 0.1) is 12.1 Å². The number of carbonyl (C=O) groups is 1. The number of hydrogen-bond acceptors (Lipinski definition) is 4. The average Bonchev–Trinajstić information content (AvgIpc) is 3.28. The molecule has 38 heavy (non-hydrogen) atoms. The first-order valence-corrected chi connectivity index (χ1v) is 14.6. The normalized spacial score (nSPS) is 17.6. The zero-order valence-corrected chi connectivity index (χ0v) is 24.4. The minimum Gasteiger partial charge on any atom is -0.496 e. The third kappa shape index (κ3) is 5.68. The number of nitrogens with zero attached hydrogens (tertiary/aromatic N) is 2. The second-order valence-corrected chi connectivity index (χ2v) is 12.1. The average molecular weight is 588 g/mol. The maximum absolute atomic E-state index is 14.2. The predicted octanol–water partition coefficient (Wildman–Crippen LogP) is 8.92. The number of ether oxygens (including phenoxy) is 1. The molecule has 1 saturated carbocycles. The number of benzene rings is 3. The van der Waals surface area contributed by atoms with Crippen LogP contribution in [0, 0.1) is 0 Å². The van der Waals surface area contributed by atoms with Gasteiger partial charge in [0.25, 0.3) is 5.91 Å². The van der Waals surface area contributed by atoms with Crippen LogP contribution in [0.1, 0.15) is 40.9 Å². The molecular formula is C30H29Cl3N2O2S. The molecule has 1 aliphatic carbocycles. The van der Waals surface area contributed by atoms with E-state index in [1.807, 2.05) is 72.6 Å². The summed E-state index contributed by atoms with van der Waals surface area (Å²) in [5.74, 6) is 0.704. The number of halogens is 3. The maximum atomic E-state index is 14.2. The molecule has 0 bridgehead atoms. The molecule has 4 aromatic rings. The van der Waals surface area contributed by atoms with Crippen LogP contribution in [0.15, 0.2) is 66.7 Å². The van der Waals surface area contributed by atoms with Crippen LogP contribution >= 0.6 is 46.3 Å². The first kappa shape index (κ1) is 27.3. The van der Waals surface area contributed by atoms with Gasteiger partial charge in [0.1, 0.15) is 10.6 Å². The maximum Gasteiger partial charge on any atom is 0.266 e. The Kier molecular flexibility index (Phi) is 8.51. The second-order valence-electron chi connectivity index (χ2n) is 9.70. The molecule has 0 saturated heterocycles. The van der Waals surface area contributed by atoms with Crippen molar-refractivity contribution in [1.29, 1.82) is 0 Å². The zero-order valence-electron chi connectivity index (χ0n) is 21.3. The topological polar surface area (TPSA) is 32.8 Å². The summed E-state index contributed by atoms with van der Waals surface area (Å²) >= 11 is 20.6. The van der Waals surface area contributed by atoms with E-state index in [1.165, 1.54) is 11.3 Å². The Bertz CT molecular complexity index is 1430. The lowest BCUT2D eigenvalue weighted by Crippen LogP contribution is -2.44. The first-order chi connectivity index (χ1) is 18.4. The van der Waals surface area contributed by atoms with Gasteiger partial charge < -0.3 is 9.64 Å². The highest BCUT2D eigenvalue weighted by molar-refractivity contribution is 7.21. The third-order valence-electron chi connectivity index (χ3n) is 7.40. The fourth-order valence-electron chi connectivity index (χ4n) is 5.28. The summed E-state index contributed by atoms with van der Waals surface area (Å²) in [5.41, 5.74) is 3.04. The summed E-state index contributed by atoms with van der Waals surface area (Å²) < 4.78 is 8.52. The van der Waals surface area contributed by atoms with E-state index in [4.69, 9.17) is 39.7 Å². The van der Waals surface area contributed by atoms with Crippen molar-refractivity contribution in [1.82, 2.24) is 9.32 Å². The van der Waals surface area contributed by atoms with Gasteiger partial charge in [0.15, 0.2) is 0 Å². The van der Waals surface area contributed by atoms with Crippen LogP contribution in [0.5, 0.6) is 5.75 Å². The van der Waals surface area contributed by atoms with Crippen molar-refractivity contribution in [2.75, 3.05) is 14.2 Å². The lowest BCUT2D eigenvalue weighted by molar-refractivity contribution is 0.0589. The van der Waals surface area contributed by atoms with Gasteiger partial charge in [0, 0.05) is 46.3 Å². The summed E-state index contributed by atoms with van der Waals surface area (Å²) in [5, 5.41) is 2.13. The molecule has 0 unspecified atom stereocenters. The molecule has 1 heterocycles. The summed E-state index contributed by atoms with van der Waals surface area (Å²) in [4.78, 5) is 16.8. The van der Waals surface area contributed by atoms with E-state index in [0.717, 1.165) is 58.2 Å². The number of fused-ring (bicyclic) bond motifs is 1. The Balaban J connectivity index is 1.52. The SMILES string of the molecule is COc1ccc(-c2ccc(Cl)cc2)cc1CN(C(=O)c1sc2ccccc2c1Cl)C1CCC(N(C)Cl)CC1. The van der Waals surface area contributed by atoms with E-state index in [0.29, 0.717) is 27.5 Å². The monoisotopic (exact) mass is 586 g/mol. The molecule has 0 N–H and O–H groups in total. The highest BCUT2D eigenvalue weighted by Crippen LogP contribution is 2.38. The van der Waals surface area contributed by atoms with Crippen LogP contribution in [0.2, 0.25) is 10.0 Å². The van der Waals surface area contributed by atoms with Crippen molar-refractivity contribution in [2.45, 2.75) is 44.3 Å². The van der Waals surface area contributed by atoms with E-state index in [2.05, 4.69) is 6.07 Å². The molecule has 198 valence electrons. The molecule has 8 heteroatoms. The van der Waals surface area contributed by atoms with Crippen molar-refractivity contribution in [2.24, 2.45) is 0 Å². The Morgan fingerprint density at radius 2 is 1.61 bits per heavy atom. The predicted molar refractivity (Wildman–Crippen MR) is 160 cm³/mol. The summed E-state index contributed by atoms with van der Waals surface area (Å²) in [6, 6.07) is 22.1. The van der Waals surface area contributed by atoms with Gasteiger partial charge in [-0.1, -0.05) is 59.6 Å². The molecule has 0 radical (unpaired) electrons. The minimum absolute atomic E-state index is 0.0437. The lowest BCUT2D eigenvalue weighted by atomic mass is 9.89. The Morgan fingerprint density at radius 3 is 2.26 bits per heavy atom. The Hall–Kier alpha value is -2.28. The number of thiophene rings is 1. The van der Waals surface area contributed by atoms with Crippen molar-refractivity contribution < 1.29 is 9.53 Å². The number of methoxy groups -OCH3 is 1. The number of carbonyl (C=O) groups excluding carboxylic acids is 1. The van der Waals surface area contributed by atoms with Crippen molar-refractivity contribution >= 4 is 62.3 Å². The van der Waals surface area contributed by atoms with Gasteiger partial charge in [-0.15, -0.1) is 11.3 Å². The van der Waals surface area contributed by atoms with Crippen molar-refractivity contribution in [3.63, 3.8) is 0 Å². The summed E-state index contributed by atoms with van der Waals surface area (Å²) in [7, 11) is 3.57. The molecule has 1 fully saturated rings. The van der Waals surface area contributed by atoms with Gasteiger partial charge in [-0.05, 0) is 78.9 Å². The molecule has 1 aromatic heterocycles. The number of amides is 1. The Labute approximate surface area is 242 Å². The smallest absolute Gasteiger partial charge is 0.266 e.